The molecule has 0 radical (unpaired) electrons. The summed E-state index contributed by atoms with van der Waals surface area (Å²) < 4.78 is 20.4. The molecule has 0 aliphatic carbocycles. The second-order valence-electron chi connectivity index (χ2n) is 10.9. The van der Waals surface area contributed by atoms with Crippen LogP contribution in [0.2, 0.25) is 0 Å². The molecule has 52 heavy (non-hydrogen) atoms. The molecule has 0 aliphatic heterocycles. The van der Waals surface area contributed by atoms with Gasteiger partial charge in [0, 0.05) is 36.4 Å². The normalized spacial score (nSPS) is 12.0. The van der Waals surface area contributed by atoms with Crippen LogP contribution in [0.5, 0.6) is 5.75 Å². The minimum Gasteiger partial charge on any atom is -0.511 e. The third-order valence-corrected chi connectivity index (χ3v) is 7.09. The molecule has 12 heteroatoms. The van der Waals surface area contributed by atoms with Crippen molar-refractivity contribution in [1.82, 2.24) is 0 Å². The van der Waals surface area contributed by atoms with Crippen LogP contribution in [0.3, 0.4) is 0 Å². The fourth-order valence-corrected chi connectivity index (χ4v) is 4.40. The van der Waals surface area contributed by atoms with Gasteiger partial charge >= 0.3 is 17.9 Å². The zero-order valence-electron chi connectivity index (χ0n) is 30.3. The lowest BCUT2D eigenvalue weighted by Crippen LogP contribution is -2.11. The summed E-state index contributed by atoms with van der Waals surface area (Å²) in [5.74, 6) is -1.19. The second kappa shape index (κ2) is 23.6. The van der Waals surface area contributed by atoms with Gasteiger partial charge in [-0.25, -0.2) is 14.4 Å². The van der Waals surface area contributed by atoms with Crippen molar-refractivity contribution in [3.63, 3.8) is 0 Å². The largest absolute Gasteiger partial charge is 0.511 e. The standard InChI is InChI=1S/C24H27NO6.C16H21NO4/c1-4-8-22(26)20(24(28)30-5-2)15-25-21-10-7-6-9-18(21)16-31-23(27)17-11-13-19(29-3)14-12-17;1-3-7-15(19)13(16(20)21-4-2)10-17-14-9-6-5-8-12(14)11-18/h6-7,9-15,26H,4-5,8,16H2,1-3H3;5-6,8-10,18-19H,3-4,7,11H2,1-2H3. The third-order valence-electron chi connectivity index (χ3n) is 7.09. The first-order valence-corrected chi connectivity index (χ1v) is 17.0. The highest BCUT2D eigenvalue weighted by Gasteiger charge is 2.16. The van der Waals surface area contributed by atoms with E-state index in [9.17, 15) is 29.7 Å². The van der Waals surface area contributed by atoms with Crippen LogP contribution >= 0.6 is 0 Å². The molecule has 0 atom stereocenters. The molecule has 0 heterocycles. The predicted molar refractivity (Wildman–Crippen MR) is 200 cm³/mol. The van der Waals surface area contributed by atoms with Crippen LogP contribution in [0.1, 0.15) is 74.9 Å². The fraction of sp³-hybridized carbons (Fsp3) is 0.325. The van der Waals surface area contributed by atoms with E-state index in [1.54, 1.807) is 93.8 Å². The number of allylic oxidation sites excluding steroid dienone is 2. The highest BCUT2D eigenvalue weighted by molar-refractivity contribution is 6.11. The number of carbonyl (C=O) groups excluding carboxylic acids is 3. The van der Waals surface area contributed by atoms with Crippen molar-refractivity contribution in [2.24, 2.45) is 9.98 Å². The van der Waals surface area contributed by atoms with E-state index in [-0.39, 0.29) is 49.1 Å². The monoisotopic (exact) mass is 716 g/mol. The van der Waals surface area contributed by atoms with Gasteiger partial charge in [0.15, 0.2) is 0 Å². The number of aliphatic hydroxyl groups is 3. The topological polar surface area (TPSA) is 174 Å². The van der Waals surface area contributed by atoms with Crippen LogP contribution in [0, 0.1) is 0 Å². The first-order chi connectivity index (χ1) is 25.1. The number of hydrogen-bond acceptors (Lipinski definition) is 12. The Morgan fingerprint density at radius 1 is 0.654 bits per heavy atom. The fourth-order valence-electron chi connectivity index (χ4n) is 4.40. The molecule has 0 spiro atoms. The molecule has 3 N–H and O–H groups in total. The van der Waals surface area contributed by atoms with E-state index in [4.69, 9.17) is 18.9 Å². The van der Waals surface area contributed by atoms with E-state index in [2.05, 4.69) is 9.98 Å². The Kier molecular flexibility index (Phi) is 19.3. The Labute approximate surface area is 304 Å². The summed E-state index contributed by atoms with van der Waals surface area (Å²) in [5.41, 5.74) is 2.81. The van der Waals surface area contributed by atoms with E-state index in [1.807, 2.05) is 13.8 Å². The van der Waals surface area contributed by atoms with Crippen LogP contribution < -0.4 is 4.74 Å². The molecule has 0 bridgehead atoms. The Balaban J connectivity index is 0.000000389. The highest BCUT2D eigenvalue weighted by Crippen LogP contribution is 2.22. The van der Waals surface area contributed by atoms with Crippen LogP contribution in [-0.2, 0) is 37.0 Å². The van der Waals surface area contributed by atoms with Gasteiger partial charge in [-0.1, -0.05) is 50.2 Å². The number of ether oxygens (including phenoxy) is 4. The number of aliphatic hydroxyl groups excluding tert-OH is 3. The van der Waals surface area contributed by atoms with Crippen molar-refractivity contribution >= 4 is 41.7 Å². The summed E-state index contributed by atoms with van der Waals surface area (Å²) in [7, 11) is 1.55. The minimum atomic E-state index is -0.638. The van der Waals surface area contributed by atoms with Crippen molar-refractivity contribution in [1.29, 1.82) is 0 Å². The Bertz CT molecular complexity index is 1730. The number of carbonyl (C=O) groups is 3. The summed E-state index contributed by atoms with van der Waals surface area (Å²) in [4.78, 5) is 44.9. The molecule has 0 aliphatic rings. The minimum absolute atomic E-state index is 0.00221. The van der Waals surface area contributed by atoms with Gasteiger partial charge in [-0.2, -0.15) is 0 Å². The smallest absolute Gasteiger partial charge is 0.343 e. The zero-order valence-corrected chi connectivity index (χ0v) is 30.3. The van der Waals surface area contributed by atoms with Gasteiger partial charge in [0.1, 0.15) is 35.0 Å². The lowest BCUT2D eigenvalue weighted by Gasteiger charge is -2.09. The molecular formula is C40H48N2O10. The molecule has 0 saturated carbocycles. The highest BCUT2D eigenvalue weighted by atomic mass is 16.5. The van der Waals surface area contributed by atoms with Crippen molar-refractivity contribution < 1.29 is 48.7 Å². The molecule has 3 rings (SSSR count). The summed E-state index contributed by atoms with van der Waals surface area (Å²) in [6.45, 7) is 7.45. The predicted octanol–water partition coefficient (Wildman–Crippen LogP) is 7.99. The third kappa shape index (κ3) is 13.9. The van der Waals surface area contributed by atoms with Crippen molar-refractivity contribution in [3.05, 3.63) is 112 Å². The van der Waals surface area contributed by atoms with Gasteiger partial charge in [0.2, 0.25) is 0 Å². The summed E-state index contributed by atoms with van der Waals surface area (Å²) in [6, 6.07) is 20.7. The zero-order chi connectivity index (χ0) is 38.3. The molecular weight excluding hydrogens is 668 g/mol. The first-order valence-electron chi connectivity index (χ1n) is 17.0. The molecule has 3 aromatic carbocycles. The van der Waals surface area contributed by atoms with Crippen molar-refractivity contribution in [2.75, 3.05) is 20.3 Å². The van der Waals surface area contributed by atoms with E-state index >= 15 is 0 Å². The number of nitrogens with zero attached hydrogens (tertiary/aromatic N) is 2. The van der Waals surface area contributed by atoms with Crippen LogP contribution in [-0.4, -0.2) is 66.0 Å². The van der Waals surface area contributed by atoms with Gasteiger partial charge in [0.25, 0.3) is 0 Å². The average Bonchev–Trinajstić information content (AvgIpc) is 3.15. The van der Waals surface area contributed by atoms with Gasteiger partial charge in [-0.15, -0.1) is 0 Å². The molecule has 278 valence electrons. The molecule has 0 unspecified atom stereocenters. The number of esters is 3. The number of aliphatic imine (C=N–C) groups is 2. The lowest BCUT2D eigenvalue weighted by atomic mass is 10.1. The van der Waals surface area contributed by atoms with Gasteiger partial charge in [-0.05, 0) is 63.1 Å². The lowest BCUT2D eigenvalue weighted by molar-refractivity contribution is -0.139. The Morgan fingerprint density at radius 3 is 1.56 bits per heavy atom. The molecule has 0 saturated heterocycles. The van der Waals surface area contributed by atoms with Crippen LogP contribution in [0.4, 0.5) is 11.4 Å². The van der Waals surface area contributed by atoms with Crippen LogP contribution in [0.15, 0.2) is 105 Å². The summed E-state index contributed by atoms with van der Waals surface area (Å²) in [6.07, 6.45) is 4.66. The second-order valence-corrected chi connectivity index (χ2v) is 10.9. The molecule has 3 aromatic rings. The molecule has 0 amide bonds. The number of para-hydroxylation sites is 2. The van der Waals surface area contributed by atoms with Gasteiger partial charge < -0.3 is 34.3 Å². The van der Waals surface area contributed by atoms with E-state index < -0.39 is 17.9 Å². The van der Waals surface area contributed by atoms with Crippen molar-refractivity contribution in [2.45, 2.75) is 66.6 Å². The number of rotatable bonds is 17. The summed E-state index contributed by atoms with van der Waals surface area (Å²) >= 11 is 0. The van der Waals surface area contributed by atoms with Crippen molar-refractivity contribution in [3.8, 4) is 5.75 Å². The summed E-state index contributed by atoms with van der Waals surface area (Å²) in [5, 5.41) is 29.4. The van der Waals surface area contributed by atoms with Gasteiger partial charge in [-0.3, -0.25) is 9.98 Å². The maximum Gasteiger partial charge on any atom is 0.343 e. The molecule has 0 aromatic heterocycles. The Morgan fingerprint density at radius 2 is 1.12 bits per heavy atom. The van der Waals surface area contributed by atoms with Crippen LogP contribution in [0.25, 0.3) is 0 Å². The van der Waals surface area contributed by atoms with E-state index in [1.165, 1.54) is 12.4 Å². The first kappa shape index (κ1) is 42.4. The Hall–Kier alpha value is -5.75. The quantitative estimate of drug-likeness (QED) is 0.0408. The molecule has 0 fully saturated rings. The van der Waals surface area contributed by atoms with E-state index in [0.717, 1.165) is 0 Å². The number of hydrogen-bond donors (Lipinski definition) is 3. The molecule has 12 nitrogen and oxygen atoms in total. The number of methoxy groups -OCH3 is 1. The van der Waals surface area contributed by atoms with Gasteiger partial charge in [0.05, 0.1) is 43.9 Å². The van der Waals surface area contributed by atoms with E-state index in [0.29, 0.717) is 59.5 Å². The average molecular weight is 717 g/mol. The maximum absolute atomic E-state index is 12.3. The number of benzene rings is 3. The SMILES string of the molecule is CCCC(O)=C(C=Nc1ccccc1CO)C(=O)OCC.CCCC(O)=C(C=Nc1ccccc1COC(=O)c1ccc(OC)cc1)C(=O)OCC. The maximum atomic E-state index is 12.3.